The van der Waals surface area contributed by atoms with Gasteiger partial charge >= 0.3 is 5.97 Å². The van der Waals surface area contributed by atoms with E-state index >= 15 is 0 Å². The lowest BCUT2D eigenvalue weighted by Gasteiger charge is -2.08. The van der Waals surface area contributed by atoms with Crippen molar-refractivity contribution in [1.29, 1.82) is 0 Å². The fourth-order valence-electron chi connectivity index (χ4n) is 2.92. The van der Waals surface area contributed by atoms with E-state index in [2.05, 4.69) is 5.32 Å². The van der Waals surface area contributed by atoms with Crippen LogP contribution in [0.15, 0.2) is 59.4 Å². The van der Waals surface area contributed by atoms with Crippen molar-refractivity contribution in [3.05, 3.63) is 76.2 Å². The molecule has 0 bridgehead atoms. The van der Waals surface area contributed by atoms with Crippen LogP contribution in [0.5, 0.6) is 5.75 Å². The lowest BCUT2D eigenvalue weighted by atomic mass is 10.2. The predicted octanol–water partition coefficient (Wildman–Crippen LogP) is 2.35. The maximum absolute atomic E-state index is 12.8. The fourth-order valence-corrected chi connectivity index (χ4v) is 2.92. The maximum atomic E-state index is 12.8. The first kappa shape index (κ1) is 20.9. The molecule has 1 amide bonds. The molecule has 2 aromatic carbocycles. The number of carbonyl (C=O) groups excluding carboxylic acids is 2. The van der Waals surface area contributed by atoms with Gasteiger partial charge in [0.2, 0.25) is 0 Å². The van der Waals surface area contributed by atoms with Crippen molar-refractivity contribution in [2.45, 2.75) is 13.8 Å². The van der Waals surface area contributed by atoms with Gasteiger partial charge in [0, 0.05) is 7.05 Å². The van der Waals surface area contributed by atoms with Gasteiger partial charge in [-0.3, -0.25) is 14.3 Å². The number of hydrogen-bond donors (Lipinski definition) is 1. The summed E-state index contributed by atoms with van der Waals surface area (Å²) in [6.07, 6.45) is 0. The Hall–Kier alpha value is -3.81. The number of hydrogen-bond acceptors (Lipinski definition) is 5. The van der Waals surface area contributed by atoms with E-state index in [0.29, 0.717) is 17.1 Å². The Bertz CT molecular complexity index is 1120. The molecule has 0 aliphatic heterocycles. The first-order valence-corrected chi connectivity index (χ1v) is 9.36. The second-order valence-corrected chi connectivity index (χ2v) is 6.75. The SMILES string of the molecule is Cc1cccc(OCC(=O)OCC(=O)Nc2c(C)n(C)n(-c3ccccc3)c2=O)c1. The zero-order valence-electron chi connectivity index (χ0n) is 17.0. The van der Waals surface area contributed by atoms with Gasteiger partial charge in [0.1, 0.15) is 11.4 Å². The predicted molar refractivity (Wildman–Crippen MR) is 112 cm³/mol. The van der Waals surface area contributed by atoms with Crippen LogP contribution >= 0.6 is 0 Å². The molecule has 0 atom stereocenters. The Kier molecular flexibility index (Phi) is 6.36. The Morgan fingerprint density at radius 3 is 2.43 bits per heavy atom. The number of aromatic nitrogens is 2. The Morgan fingerprint density at radius 1 is 1.00 bits per heavy atom. The lowest BCUT2D eigenvalue weighted by molar-refractivity contribution is -0.149. The number of anilines is 1. The summed E-state index contributed by atoms with van der Waals surface area (Å²) in [7, 11) is 1.72. The minimum absolute atomic E-state index is 0.137. The van der Waals surface area contributed by atoms with Crippen molar-refractivity contribution in [3.8, 4) is 11.4 Å². The third kappa shape index (κ3) is 4.78. The van der Waals surface area contributed by atoms with E-state index in [0.717, 1.165) is 5.56 Å². The number of benzene rings is 2. The summed E-state index contributed by atoms with van der Waals surface area (Å²) in [6.45, 7) is 2.79. The molecule has 0 aliphatic rings. The average molecular weight is 409 g/mol. The fraction of sp³-hybridized carbons (Fsp3) is 0.227. The van der Waals surface area contributed by atoms with Gasteiger partial charge in [-0.2, -0.15) is 0 Å². The van der Waals surface area contributed by atoms with Crippen molar-refractivity contribution in [2.24, 2.45) is 7.05 Å². The number of carbonyl (C=O) groups is 2. The smallest absolute Gasteiger partial charge is 0.344 e. The number of amides is 1. The minimum atomic E-state index is -0.682. The Morgan fingerprint density at radius 2 is 1.73 bits per heavy atom. The third-order valence-electron chi connectivity index (χ3n) is 4.53. The number of ether oxygens (including phenoxy) is 2. The minimum Gasteiger partial charge on any atom is -0.482 e. The molecule has 8 heteroatoms. The van der Waals surface area contributed by atoms with Crippen molar-refractivity contribution >= 4 is 17.6 Å². The molecule has 0 saturated carbocycles. The van der Waals surface area contributed by atoms with Crippen molar-refractivity contribution in [3.63, 3.8) is 0 Å². The van der Waals surface area contributed by atoms with E-state index in [1.807, 2.05) is 37.3 Å². The number of aryl methyl sites for hydroxylation is 1. The highest BCUT2D eigenvalue weighted by atomic mass is 16.6. The molecule has 0 spiro atoms. The number of para-hydroxylation sites is 1. The van der Waals surface area contributed by atoms with Crippen LogP contribution in [-0.4, -0.2) is 34.5 Å². The monoisotopic (exact) mass is 409 g/mol. The number of rotatable bonds is 7. The van der Waals surface area contributed by atoms with E-state index in [9.17, 15) is 14.4 Å². The number of nitrogens with one attached hydrogen (secondary N) is 1. The first-order valence-electron chi connectivity index (χ1n) is 9.36. The molecule has 0 aliphatic carbocycles. The highest BCUT2D eigenvalue weighted by molar-refractivity contribution is 5.93. The molecule has 0 saturated heterocycles. The topological polar surface area (TPSA) is 91.6 Å². The van der Waals surface area contributed by atoms with Crippen LogP contribution in [0, 0.1) is 13.8 Å². The van der Waals surface area contributed by atoms with Crippen molar-refractivity contribution in [2.75, 3.05) is 18.5 Å². The van der Waals surface area contributed by atoms with Crippen LogP contribution in [0.4, 0.5) is 5.69 Å². The molecular weight excluding hydrogens is 386 g/mol. The zero-order chi connectivity index (χ0) is 21.7. The van der Waals surface area contributed by atoms with Crippen molar-refractivity contribution in [1.82, 2.24) is 9.36 Å². The molecule has 0 unspecified atom stereocenters. The van der Waals surface area contributed by atoms with Gasteiger partial charge in [-0.25, -0.2) is 9.48 Å². The summed E-state index contributed by atoms with van der Waals surface area (Å²) < 4.78 is 13.4. The summed E-state index contributed by atoms with van der Waals surface area (Å²) >= 11 is 0. The number of nitrogens with zero attached hydrogens (tertiary/aromatic N) is 2. The third-order valence-corrected chi connectivity index (χ3v) is 4.53. The zero-order valence-corrected chi connectivity index (χ0v) is 17.0. The van der Waals surface area contributed by atoms with Crippen LogP contribution in [0.3, 0.4) is 0 Å². The molecule has 3 rings (SSSR count). The summed E-state index contributed by atoms with van der Waals surface area (Å²) in [4.78, 5) is 36.8. The average Bonchev–Trinajstić information content (AvgIpc) is 2.94. The molecule has 1 N–H and O–H groups in total. The Labute approximate surface area is 173 Å². The van der Waals surface area contributed by atoms with Gasteiger partial charge in [0.25, 0.3) is 11.5 Å². The van der Waals surface area contributed by atoms with E-state index in [1.165, 1.54) is 4.68 Å². The summed E-state index contributed by atoms with van der Waals surface area (Å²) in [5.74, 6) is -0.749. The van der Waals surface area contributed by atoms with Gasteiger partial charge < -0.3 is 14.8 Å². The van der Waals surface area contributed by atoms with Gasteiger partial charge in [-0.15, -0.1) is 0 Å². The highest BCUT2D eigenvalue weighted by Gasteiger charge is 2.18. The quantitative estimate of drug-likeness (QED) is 0.605. The van der Waals surface area contributed by atoms with Crippen LogP contribution in [0.2, 0.25) is 0 Å². The lowest BCUT2D eigenvalue weighted by Crippen LogP contribution is -2.27. The molecule has 1 heterocycles. The summed E-state index contributed by atoms with van der Waals surface area (Å²) in [6, 6.07) is 16.3. The van der Waals surface area contributed by atoms with Crippen molar-refractivity contribution < 1.29 is 19.1 Å². The molecular formula is C22H23N3O5. The van der Waals surface area contributed by atoms with Crippen LogP contribution in [0.25, 0.3) is 5.69 Å². The summed E-state index contributed by atoms with van der Waals surface area (Å²) in [5, 5.41) is 2.53. The molecule has 1 aromatic heterocycles. The van der Waals surface area contributed by atoms with Crippen LogP contribution < -0.4 is 15.6 Å². The first-order chi connectivity index (χ1) is 14.4. The van der Waals surface area contributed by atoms with E-state index in [1.54, 1.807) is 42.9 Å². The maximum Gasteiger partial charge on any atom is 0.344 e. The van der Waals surface area contributed by atoms with E-state index in [4.69, 9.17) is 9.47 Å². The van der Waals surface area contributed by atoms with Gasteiger partial charge in [-0.05, 0) is 43.7 Å². The van der Waals surface area contributed by atoms with E-state index in [-0.39, 0.29) is 17.9 Å². The number of esters is 1. The highest BCUT2D eigenvalue weighted by Crippen LogP contribution is 2.14. The normalized spacial score (nSPS) is 10.5. The van der Waals surface area contributed by atoms with Crippen LogP contribution in [0.1, 0.15) is 11.3 Å². The van der Waals surface area contributed by atoms with Gasteiger partial charge in [-0.1, -0.05) is 30.3 Å². The Balaban J connectivity index is 1.59. The molecule has 0 fully saturated rings. The molecule has 8 nitrogen and oxygen atoms in total. The largest absolute Gasteiger partial charge is 0.482 e. The summed E-state index contributed by atoms with van der Waals surface area (Å²) in [5.41, 5.74) is 2.02. The van der Waals surface area contributed by atoms with Crippen LogP contribution in [-0.2, 0) is 21.4 Å². The second-order valence-electron chi connectivity index (χ2n) is 6.75. The van der Waals surface area contributed by atoms with E-state index < -0.39 is 18.5 Å². The molecule has 156 valence electrons. The second kappa shape index (κ2) is 9.13. The molecule has 0 radical (unpaired) electrons. The molecule has 3 aromatic rings. The standard InChI is InChI=1S/C22H23N3O5/c1-15-8-7-11-18(12-15)29-14-20(27)30-13-19(26)23-21-16(2)24(3)25(22(21)28)17-9-5-4-6-10-17/h4-12H,13-14H2,1-3H3,(H,23,26). The molecule has 30 heavy (non-hydrogen) atoms. The van der Waals surface area contributed by atoms with Gasteiger partial charge in [0.15, 0.2) is 13.2 Å². The van der Waals surface area contributed by atoms with Gasteiger partial charge in [0.05, 0.1) is 11.4 Å².